The van der Waals surface area contributed by atoms with Gasteiger partial charge >= 0.3 is 0 Å². The maximum absolute atomic E-state index is 12.3. The van der Waals surface area contributed by atoms with Crippen LogP contribution >= 0.6 is 0 Å². The molecule has 0 spiro atoms. The molecule has 0 bridgehead atoms. The highest BCUT2D eigenvalue weighted by molar-refractivity contribution is 5.93. The molecular weight excluding hydrogens is 258 g/mol. The third kappa shape index (κ3) is 1.69. The molecule has 1 heterocycles. The number of H-pyrrole nitrogens is 1. The van der Waals surface area contributed by atoms with E-state index in [1.165, 1.54) is 27.8 Å². The standard InChI is InChI=1S/C19H17NO/c1-3-12-8-11(2)9-16-15(12)10-17-13-6-4-5-7-14(13)19(21)20-18(16)17/h4-9H,3,10H2,1-2H3,(H,20,21). The Kier molecular flexibility index (Phi) is 2.55. The van der Waals surface area contributed by atoms with Crippen LogP contribution in [-0.2, 0) is 12.8 Å². The van der Waals surface area contributed by atoms with E-state index in [0.29, 0.717) is 0 Å². The van der Waals surface area contributed by atoms with Gasteiger partial charge in [-0.25, -0.2) is 0 Å². The van der Waals surface area contributed by atoms with Crippen LogP contribution < -0.4 is 5.56 Å². The van der Waals surface area contributed by atoms with Gasteiger partial charge < -0.3 is 4.98 Å². The van der Waals surface area contributed by atoms with E-state index in [2.05, 4.69) is 37.0 Å². The Bertz CT molecular complexity index is 934. The summed E-state index contributed by atoms with van der Waals surface area (Å²) in [7, 11) is 0. The number of fused-ring (bicyclic) bond motifs is 5. The first kappa shape index (κ1) is 12.4. The Balaban J connectivity index is 2.11. The second kappa shape index (κ2) is 4.32. The molecule has 0 atom stereocenters. The number of aromatic nitrogens is 1. The summed E-state index contributed by atoms with van der Waals surface area (Å²) in [5, 5.41) is 1.88. The van der Waals surface area contributed by atoms with E-state index in [1.807, 2.05) is 18.2 Å². The minimum atomic E-state index is 0.0109. The fraction of sp³-hybridized carbons (Fsp3) is 0.211. The molecule has 0 radical (unpaired) electrons. The average molecular weight is 275 g/mol. The molecule has 3 aromatic rings. The van der Waals surface area contributed by atoms with E-state index in [9.17, 15) is 4.79 Å². The van der Waals surface area contributed by atoms with Gasteiger partial charge in [0.2, 0.25) is 0 Å². The van der Waals surface area contributed by atoms with Gasteiger partial charge in [-0.05, 0) is 47.6 Å². The van der Waals surface area contributed by atoms with Crippen molar-refractivity contribution in [3.8, 4) is 11.3 Å². The van der Waals surface area contributed by atoms with Gasteiger partial charge in [-0.1, -0.05) is 36.8 Å². The van der Waals surface area contributed by atoms with Crippen molar-refractivity contribution >= 4 is 10.8 Å². The van der Waals surface area contributed by atoms with Crippen molar-refractivity contribution < 1.29 is 0 Å². The van der Waals surface area contributed by atoms with Crippen molar-refractivity contribution in [2.24, 2.45) is 0 Å². The monoisotopic (exact) mass is 275 g/mol. The summed E-state index contributed by atoms with van der Waals surface area (Å²) >= 11 is 0. The van der Waals surface area contributed by atoms with E-state index < -0.39 is 0 Å². The van der Waals surface area contributed by atoms with Gasteiger partial charge in [0.1, 0.15) is 0 Å². The normalized spacial score (nSPS) is 12.5. The topological polar surface area (TPSA) is 32.9 Å². The number of nitrogens with one attached hydrogen (secondary N) is 1. The van der Waals surface area contributed by atoms with Crippen LogP contribution in [0.2, 0.25) is 0 Å². The van der Waals surface area contributed by atoms with E-state index in [0.717, 1.165) is 29.3 Å². The summed E-state index contributed by atoms with van der Waals surface area (Å²) in [6.45, 7) is 4.31. The third-order valence-electron chi connectivity index (χ3n) is 4.53. The van der Waals surface area contributed by atoms with Crippen molar-refractivity contribution in [2.45, 2.75) is 26.7 Å². The largest absolute Gasteiger partial charge is 0.321 e. The molecule has 1 N–H and O–H groups in total. The van der Waals surface area contributed by atoms with Crippen LogP contribution in [-0.4, -0.2) is 4.98 Å². The van der Waals surface area contributed by atoms with E-state index in [1.54, 1.807) is 0 Å². The lowest BCUT2D eigenvalue weighted by Gasteiger charge is -2.08. The molecule has 0 saturated carbocycles. The number of rotatable bonds is 1. The highest BCUT2D eigenvalue weighted by Gasteiger charge is 2.24. The molecule has 2 aromatic carbocycles. The van der Waals surface area contributed by atoms with Gasteiger partial charge in [-0.2, -0.15) is 0 Å². The number of pyridine rings is 1. The zero-order chi connectivity index (χ0) is 14.6. The van der Waals surface area contributed by atoms with E-state index >= 15 is 0 Å². The van der Waals surface area contributed by atoms with Gasteiger partial charge in [0, 0.05) is 17.4 Å². The highest BCUT2D eigenvalue weighted by Crippen LogP contribution is 2.40. The summed E-state index contributed by atoms with van der Waals surface area (Å²) in [6.07, 6.45) is 1.95. The maximum atomic E-state index is 12.3. The van der Waals surface area contributed by atoms with Crippen molar-refractivity contribution in [1.29, 1.82) is 0 Å². The van der Waals surface area contributed by atoms with Crippen LogP contribution in [0.1, 0.15) is 29.2 Å². The fourth-order valence-electron chi connectivity index (χ4n) is 3.56. The molecule has 4 rings (SSSR count). The number of benzene rings is 2. The van der Waals surface area contributed by atoms with Crippen LogP contribution in [0.4, 0.5) is 0 Å². The van der Waals surface area contributed by atoms with Gasteiger partial charge in [0.25, 0.3) is 5.56 Å². The van der Waals surface area contributed by atoms with Gasteiger partial charge in [0.15, 0.2) is 0 Å². The quantitative estimate of drug-likeness (QED) is 0.560. The Morgan fingerprint density at radius 3 is 2.62 bits per heavy atom. The van der Waals surface area contributed by atoms with Gasteiger partial charge in [-0.3, -0.25) is 4.79 Å². The van der Waals surface area contributed by atoms with Crippen molar-refractivity contribution in [3.05, 3.63) is 69.0 Å². The lowest BCUT2D eigenvalue weighted by atomic mass is 9.98. The first-order chi connectivity index (χ1) is 10.2. The Morgan fingerprint density at radius 1 is 1.10 bits per heavy atom. The Morgan fingerprint density at radius 2 is 1.86 bits per heavy atom. The fourth-order valence-corrected chi connectivity index (χ4v) is 3.56. The van der Waals surface area contributed by atoms with Gasteiger partial charge in [0.05, 0.1) is 5.69 Å². The van der Waals surface area contributed by atoms with E-state index in [4.69, 9.17) is 0 Å². The van der Waals surface area contributed by atoms with E-state index in [-0.39, 0.29) is 5.56 Å². The Hall–Kier alpha value is -2.35. The minimum Gasteiger partial charge on any atom is -0.321 e. The predicted octanol–water partition coefficient (Wildman–Crippen LogP) is 3.97. The van der Waals surface area contributed by atoms with Crippen molar-refractivity contribution in [3.63, 3.8) is 0 Å². The van der Waals surface area contributed by atoms with Crippen LogP contribution in [0.5, 0.6) is 0 Å². The molecule has 0 aliphatic heterocycles. The number of aryl methyl sites for hydroxylation is 2. The molecule has 0 unspecified atom stereocenters. The minimum absolute atomic E-state index is 0.0109. The highest BCUT2D eigenvalue weighted by atomic mass is 16.1. The summed E-state index contributed by atoms with van der Waals surface area (Å²) in [4.78, 5) is 15.4. The van der Waals surface area contributed by atoms with Crippen LogP contribution in [0, 0.1) is 6.92 Å². The van der Waals surface area contributed by atoms with Crippen LogP contribution in [0.25, 0.3) is 22.0 Å². The smallest absolute Gasteiger partial charge is 0.256 e. The summed E-state index contributed by atoms with van der Waals surface area (Å²) in [5.41, 5.74) is 7.54. The number of hydrogen-bond donors (Lipinski definition) is 1. The van der Waals surface area contributed by atoms with Gasteiger partial charge in [-0.15, -0.1) is 0 Å². The summed E-state index contributed by atoms with van der Waals surface area (Å²) in [5.74, 6) is 0. The molecule has 0 amide bonds. The third-order valence-corrected chi connectivity index (χ3v) is 4.53. The number of hydrogen-bond acceptors (Lipinski definition) is 1. The van der Waals surface area contributed by atoms with Crippen LogP contribution in [0.3, 0.4) is 0 Å². The van der Waals surface area contributed by atoms with Crippen LogP contribution in [0.15, 0.2) is 41.2 Å². The molecule has 2 nitrogen and oxygen atoms in total. The molecule has 21 heavy (non-hydrogen) atoms. The molecule has 1 aliphatic rings. The predicted molar refractivity (Wildman–Crippen MR) is 86.9 cm³/mol. The van der Waals surface area contributed by atoms with Crippen molar-refractivity contribution in [1.82, 2.24) is 4.98 Å². The average Bonchev–Trinajstić information content (AvgIpc) is 2.86. The second-order valence-electron chi connectivity index (χ2n) is 5.83. The molecule has 1 aliphatic carbocycles. The van der Waals surface area contributed by atoms with Crippen molar-refractivity contribution in [2.75, 3.05) is 0 Å². The molecular formula is C19H17NO. The number of aromatic amines is 1. The molecule has 2 heteroatoms. The summed E-state index contributed by atoms with van der Waals surface area (Å²) < 4.78 is 0. The SMILES string of the molecule is CCc1cc(C)cc2c1Cc1c-2[nH]c(=O)c2ccccc12. The second-order valence-corrected chi connectivity index (χ2v) is 5.83. The summed E-state index contributed by atoms with van der Waals surface area (Å²) in [6, 6.07) is 12.4. The molecule has 104 valence electrons. The molecule has 1 aromatic heterocycles. The lowest BCUT2D eigenvalue weighted by Crippen LogP contribution is -2.08. The molecule has 0 fully saturated rings. The lowest BCUT2D eigenvalue weighted by molar-refractivity contribution is 1.08. The maximum Gasteiger partial charge on any atom is 0.256 e. The zero-order valence-electron chi connectivity index (χ0n) is 12.3. The zero-order valence-corrected chi connectivity index (χ0v) is 12.3. The Labute approximate surface area is 123 Å². The molecule has 0 saturated heterocycles. The first-order valence-electron chi connectivity index (χ1n) is 7.45. The first-order valence-corrected chi connectivity index (χ1v) is 7.45.